The molecule has 1 aromatic heterocycles. The Hall–Kier alpha value is -2.50. The maximum absolute atomic E-state index is 11.8. The molecule has 3 N–H and O–H groups in total. The number of nitrogens with zero attached hydrogens (tertiary/aromatic N) is 2. The summed E-state index contributed by atoms with van der Waals surface area (Å²) in [7, 11) is 1.84. The number of hydrogen-bond acceptors (Lipinski definition) is 4. The molecule has 0 radical (unpaired) electrons. The second kappa shape index (κ2) is 5.71. The standard InChI is InChI=1S/C16H22N4O2/c1-10-8-11(14-12(17)9-18-20(14)5)6-7-13(10)19-15(21)22-16(2,3)4/h6-9H,17H2,1-5H3,(H,19,21). The number of ether oxygens (including phenoxy) is 1. The van der Waals surface area contributed by atoms with E-state index in [1.54, 1.807) is 10.9 Å². The van der Waals surface area contributed by atoms with E-state index in [0.29, 0.717) is 11.4 Å². The second-order valence-electron chi connectivity index (χ2n) is 6.23. The zero-order chi connectivity index (χ0) is 16.5. The Morgan fingerprint density at radius 2 is 2.05 bits per heavy atom. The van der Waals surface area contributed by atoms with Gasteiger partial charge in [0.1, 0.15) is 5.60 Å². The molecule has 0 aliphatic rings. The molecule has 118 valence electrons. The first-order valence-corrected chi connectivity index (χ1v) is 7.06. The number of aryl methyl sites for hydroxylation is 2. The third kappa shape index (κ3) is 3.58. The van der Waals surface area contributed by atoms with Gasteiger partial charge in [-0.3, -0.25) is 10.00 Å². The predicted molar refractivity (Wildman–Crippen MR) is 87.7 cm³/mol. The Morgan fingerprint density at radius 1 is 1.36 bits per heavy atom. The highest BCUT2D eigenvalue weighted by Gasteiger charge is 2.17. The van der Waals surface area contributed by atoms with E-state index >= 15 is 0 Å². The van der Waals surface area contributed by atoms with Gasteiger partial charge in [0.15, 0.2) is 0 Å². The topological polar surface area (TPSA) is 82.2 Å². The molecule has 0 saturated carbocycles. The first-order chi connectivity index (χ1) is 10.2. The zero-order valence-electron chi connectivity index (χ0n) is 13.6. The number of anilines is 2. The molecule has 0 atom stereocenters. The molecule has 0 spiro atoms. The van der Waals surface area contributed by atoms with Crippen LogP contribution in [0.25, 0.3) is 11.3 Å². The summed E-state index contributed by atoms with van der Waals surface area (Å²) in [4.78, 5) is 11.8. The molecule has 0 bridgehead atoms. The van der Waals surface area contributed by atoms with Crippen molar-refractivity contribution in [1.82, 2.24) is 9.78 Å². The van der Waals surface area contributed by atoms with Crippen LogP contribution >= 0.6 is 0 Å². The average molecular weight is 302 g/mol. The minimum Gasteiger partial charge on any atom is -0.444 e. The van der Waals surface area contributed by atoms with Crippen LogP contribution in [0.15, 0.2) is 24.4 Å². The van der Waals surface area contributed by atoms with Crippen LogP contribution in [0.4, 0.5) is 16.2 Å². The van der Waals surface area contributed by atoms with Crippen LogP contribution in [0.5, 0.6) is 0 Å². The van der Waals surface area contributed by atoms with E-state index in [2.05, 4.69) is 10.4 Å². The number of carbonyl (C=O) groups is 1. The first kappa shape index (κ1) is 15.9. The number of nitrogens with one attached hydrogen (secondary N) is 1. The smallest absolute Gasteiger partial charge is 0.412 e. The van der Waals surface area contributed by atoms with Gasteiger partial charge in [-0.05, 0) is 45.4 Å². The molecule has 1 aromatic carbocycles. The van der Waals surface area contributed by atoms with E-state index < -0.39 is 11.7 Å². The monoisotopic (exact) mass is 302 g/mol. The maximum Gasteiger partial charge on any atom is 0.412 e. The summed E-state index contributed by atoms with van der Waals surface area (Å²) in [6, 6.07) is 5.69. The Balaban J connectivity index is 2.22. The summed E-state index contributed by atoms with van der Waals surface area (Å²) in [5.41, 5.74) is 9.46. The fraction of sp³-hybridized carbons (Fsp3) is 0.375. The lowest BCUT2D eigenvalue weighted by atomic mass is 10.1. The van der Waals surface area contributed by atoms with Crippen molar-refractivity contribution in [1.29, 1.82) is 0 Å². The number of nitrogen functional groups attached to an aromatic ring is 1. The van der Waals surface area contributed by atoms with E-state index in [9.17, 15) is 4.79 Å². The fourth-order valence-corrected chi connectivity index (χ4v) is 2.17. The summed E-state index contributed by atoms with van der Waals surface area (Å²) >= 11 is 0. The molecule has 1 amide bonds. The van der Waals surface area contributed by atoms with Gasteiger partial charge in [-0.15, -0.1) is 0 Å². The Bertz CT molecular complexity index is 679. The molecule has 2 rings (SSSR count). The van der Waals surface area contributed by atoms with Crippen molar-refractivity contribution >= 4 is 17.5 Å². The van der Waals surface area contributed by atoms with Gasteiger partial charge in [-0.2, -0.15) is 5.10 Å². The number of benzene rings is 1. The van der Waals surface area contributed by atoms with Crippen molar-refractivity contribution in [2.75, 3.05) is 11.1 Å². The average Bonchev–Trinajstić information content (AvgIpc) is 2.69. The van der Waals surface area contributed by atoms with Crippen LogP contribution in [-0.2, 0) is 11.8 Å². The molecular weight excluding hydrogens is 280 g/mol. The highest BCUT2D eigenvalue weighted by molar-refractivity contribution is 5.87. The Morgan fingerprint density at radius 3 is 2.55 bits per heavy atom. The number of aromatic nitrogens is 2. The van der Waals surface area contributed by atoms with Crippen molar-refractivity contribution < 1.29 is 9.53 Å². The SMILES string of the molecule is Cc1cc(-c2c(N)cnn2C)ccc1NC(=O)OC(C)(C)C. The van der Waals surface area contributed by atoms with Crippen LogP contribution in [0, 0.1) is 6.92 Å². The van der Waals surface area contributed by atoms with E-state index in [1.807, 2.05) is 52.9 Å². The van der Waals surface area contributed by atoms with Crippen LogP contribution < -0.4 is 11.1 Å². The third-order valence-corrected chi connectivity index (χ3v) is 3.10. The molecule has 0 unspecified atom stereocenters. The second-order valence-corrected chi connectivity index (χ2v) is 6.23. The van der Waals surface area contributed by atoms with Crippen molar-refractivity contribution in [3.8, 4) is 11.3 Å². The number of nitrogens with two attached hydrogens (primary N) is 1. The molecule has 0 saturated heterocycles. The predicted octanol–water partition coefficient (Wildman–Crippen LogP) is 3.32. The van der Waals surface area contributed by atoms with Crippen molar-refractivity contribution in [3.05, 3.63) is 30.0 Å². The Kier molecular flexibility index (Phi) is 4.12. The van der Waals surface area contributed by atoms with Gasteiger partial charge in [0, 0.05) is 18.3 Å². The molecule has 22 heavy (non-hydrogen) atoms. The van der Waals surface area contributed by atoms with E-state index in [-0.39, 0.29) is 0 Å². The minimum atomic E-state index is -0.527. The number of hydrogen-bond donors (Lipinski definition) is 2. The van der Waals surface area contributed by atoms with Gasteiger partial charge in [-0.1, -0.05) is 6.07 Å². The third-order valence-electron chi connectivity index (χ3n) is 3.10. The van der Waals surface area contributed by atoms with Crippen molar-refractivity contribution in [2.24, 2.45) is 7.05 Å². The van der Waals surface area contributed by atoms with Gasteiger partial charge in [0.2, 0.25) is 0 Å². The number of rotatable bonds is 2. The van der Waals surface area contributed by atoms with E-state index in [4.69, 9.17) is 10.5 Å². The minimum absolute atomic E-state index is 0.469. The Labute approximate surface area is 130 Å². The van der Waals surface area contributed by atoms with Crippen LogP contribution in [-0.4, -0.2) is 21.5 Å². The highest BCUT2D eigenvalue weighted by atomic mass is 16.6. The van der Waals surface area contributed by atoms with Gasteiger partial charge < -0.3 is 10.5 Å². The molecule has 6 heteroatoms. The van der Waals surface area contributed by atoms with E-state index in [1.165, 1.54) is 0 Å². The molecule has 0 aliphatic heterocycles. The summed E-state index contributed by atoms with van der Waals surface area (Å²) in [5, 5.41) is 6.89. The van der Waals surface area contributed by atoms with Crippen LogP contribution in [0.1, 0.15) is 26.3 Å². The highest BCUT2D eigenvalue weighted by Crippen LogP contribution is 2.28. The number of carbonyl (C=O) groups excluding carboxylic acids is 1. The summed E-state index contributed by atoms with van der Waals surface area (Å²) in [6.45, 7) is 7.40. The largest absolute Gasteiger partial charge is 0.444 e. The van der Waals surface area contributed by atoms with Crippen LogP contribution in [0.3, 0.4) is 0 Å². The molecular formula is C16H22N4O2. The van der Waals surface area contributed by atoms with Crippen LogP contribution in [0.2, 0.25) is 0 Å². The first-order valence-electron chi connectivity index (χ1n) is 7.06. The molecule has 2 aromatic rings. The lowest BCUT2D eigenvalue weighted by Crippen LogP contribution is -2.27. The molecule has 6 nitrogen and oxygen atoms in total. The summed E-state index contributed by atoms with van der Waals surface area (Å²) < 4.78 is 6.98. The van der Waals surface area contributed by atoms with Gasteiger partial charge in [-0.25, -0.2) is 4.79 Å². The fourth-order valence-electron chi connectivity index (χ4n) is 2.17. The maximum atomic E-state index is 11.8. The lowest BCUT2D eigenvalue weighted by Gasteiger charge is -2.20. The normalized spacial score (nSPS) is 11.3. The molecule has 0 aliphatic carbocycles. The zero-order valence-corrected chi connectivity index (χ0v) is 13.6. The van der Waals surface area contributed by atoms with Gasteiger partial charge in [0.05, 0.1) is 17.6 Å². The van der Waals surface area contributed by atoms with Crippen molar-refractivity contribution in [3.63, 3.8) is 0 Å². The summed E-state index contributed by atoms with van der Waals surface area (Å²) in [5.74, 6) is 0. The van der Waals surface area contributed by atoms with Crippen molar-refractivity contribution in [2.45, 2.75) is 33.3 Å². The van der Waals surface area contributed by atoms with E-state index in [0.717, 1.165) is 16.8 Å². The van der Waals surface area contributed by atoms with Gasteiger partial charge >= 0.3 is 6.09 Å². The lowest BCUT2D eigenvalue weighted by molar-refractivity contribution is 0.0636. The quantitative estimate of drug-likeness (QED) is 0.891. The number of amides is 1. The molecule has 0 fully saturated rings. The van der Waals surface area contributed by atoms with Gasteiger partial charge in [0.25, 0.3) is 0 Å². The summed E-state index contributed by atoms with van der Waals surface area (Å²) in [6.07, 6.45) is 1.15. The molecule has 1 heterocycles.